The lowest BCUT2D eigenvalue weighted by atomic mass is 10.2. The maximum Gasteiger partial charge on any atom is 0.262 e. The Morgan fingerprint density at radius 1 is 1.12 bits per heavy atom. The van der Waals surface area contributed by atoms with Gasteiger partial charge in [-0.1, -0.05) is 18.2 Å². The number of aromatic nitrogens is 4. The Morgan fingerprint density at radius 2 is 2.04 bits per heavy atom. The number of rotatable bonds is 3. The number of fused-ring (bicyclic) bond motifs is 1. The predicted octanol–water partition coefficient (Wildman–Crippen LogP) is 3.69. The first kappa shape index (κ1) is 15.4. The molecule has 0 fully saturated rings. The molecule has 0 radical (unpaired) electrons. The van der Waals surface area contributed by atoms with E-state index in [2.05, 4.69) is 15.0 Å². The fourth-order valence-corrected chi connectivity index (χ4v) is 3.44. The van der Waals surface area contributed by atoms with Crippen molar-refractivity contribution in [3.63, 3.8) is 0 Å². The Bertz CT molecular complexity index is 1110. The highest BCUT2D eigenvalue weighted by Gasteiger charge is 2.13. The van der Waals surface area contributed by atoms with Gasteiger partial charge in [0.1, 0.15) is 0 Å². The van der Waals surface area contributed by atoms with Gasteiger partial charge in [0.25, 0.3) is 5.56 Å². The van der Waals surface area contributed by atoms with Crippen LogP contribution in [0, 0.1) is 6.92 Å². The van der Waals surface area contributed by atoms with Crippen LogP contribution in [-0.4, -0.2) is 19.4 Å². The minimum atomic E-state index is -0.0715. The van der Waals surface area contributed by atoms with Gasteiger partial charge in [0.05, 0.1) is 17.1 Å². The summed E-state index contributed by atoms with van der Waals surface area (Å²) in [5, 5.41) is 1.92. The third kappa shape index (κ3) is 2.88. The lowest BCUT2D eigenvalue weighted by molar-refractivity contribution is 1.03. The molecule has 0 N–H and O–H groups in total. The molecule has 0 aliphatic heterocycles. The molecule has 0 aliphatic rings. The van der Waals surface area contributed by atoms with Gasteiger partial charge in [-0.2, -0.15) is 0 Å². The molecular formula is C19H14N4OS. The highest BCUT2D eigenvalue weighted by molar-refractivity contribution is 7.15. The second-order valence-corrected chi connectivity index (χ2v) is 6.34. The summed E-state index contributed by atoms with van der Waals surface area (Å²) in [6, 6.07) is 9.47. The van der Waals surface area contributed by atoms with Crippen LogP contribution < -0.4 is 5.56 Å². The molecule has 5 nitrogen and oxygen atoms in total. The van der Waals surface area contributed by atoms with Crippen LogP contribution in [-0.2, 0) is 0 Å². The lowest BCUT2D eigenvalue weighted by Crippen LogP contribution is -2.18. The minimum Gasteiger partial charge on any atom is -0.269 e. The summed E-state index contributed by atoms with van der Waals surface area (Å²) in [6.45, 7) is 1.80. The lowest BCUT2D eigenvalue weighted by Gasteiger charge is -2.04. The van der Waals surface area contributed by atoms with E-state index in [1.165, 1.54) is 11.3 Å². The third-order valence-corrected chi connectivity index (χ3v) is 4.70. The summed E-state index contributed by atoms with van der Waals surface area (Å²) in [4.78, 5) is 26.6. The fraction of sp³-hybridized carbons (Fsp3) is 0.0526. The summed E-state index contributed by atoms with van der Waals surface area (Å²) < 4.78 is 1.63. The van der Waals surface area contributed by atoms with Crippen molar-refractivity contribution in [1.29, 1.82) is 0 Å². The zero-order valence-corrected chi connectivity index (χ0v) is 14.3. The third-order valence-electron chi connectivity index (χ3n) is 3.88. The maximum absolute atomic E-state index is 12.9. The van der Waals surface area contributed by atoms with E-state index in [4.69, 9.17) is 0 Å². The zero-order chi connectivity index (χ0) is 17.2. The van der Waals surface area contributed by atoms with Gasteiger partial charge in [0, 0.05) is 29.5 Å². The van der Waals surface area contributed by atoms with Gasteiger partial charge in [-0.25, -0.2) is 9.38 Å². The molecule has 0 saturated heterocycles. The molecule has 4 aromatic rings. The molecule has 0 aliphatic carbocycles. The summed E-state index contributed by atoms with van der Waals surface area (Å²) >= 11 is 1.43. The quantitative estimate of drug-likeness (QED) is 0.568. The SMILES string of the molecule is Cc1c(C=Cc2cccnc2)nc2scc(-c3ccccn3)n2c1=O. The minimum absolute atomic E-state index is 0.0715. The Labute approximate surface area is 148 Å². The molecular weight excluding hydrogens is 332 g/mol. The molecule has 0 atom stereocenters. The van der Waals surface area contributed by atoms with Crippen LogP contribution in [0.4, 0.5) is 0 Å². The highest BCUT2D eigenvalue weighted by Crippen LogP contribution is 2.23. The normalized spacial score (nSPS) is 11.4. The van der Waals surface area contributed by atoms with Gasteiger partial charge in [0.2, 0.25) is 0 Å². The van der Waals surface area contributed by atoms with Crippen molar-refractivity contribution in [2.75, 3.05) is 0 Å². The standard InChI is InChI=1S/C19H14N4OS/c1-13-15(8-7-14-5-4-9-20-11-14)22-19-23(18(13)24)17(12-25-19)16-6-2-3-10-21-16/h2-12H,1H3. The predicted molar refractivity (Wildman–Crippen MR) is 100 cm³/mol. The summed E-state index contributed by atoms with van der Waals surface area (Å²) in [7, 11) is 0. The van der Waals surface area contributed by atoms with Gasteiger partial charge in [-0.05, 0) is 36.8 Å². The van der Waals surface area contributed by atoms with E-state index >= 15 is 0 Å². The van der Waals surface area contributed by atoms with Crippen LogP contribution in [0.5, 0.6) is 0 Å². The molecule has 0 unspecified atom stereocenters. The van der Waals surface area contributed by atoms with Gasteiger partial charge in [-0.15, -0.1) is 11.3 Å². The van der Waals surface area contributed by atoms with E-state index in [1.807, 2.05) is 47.9 Å². The fourth-order valence-electron chi connectivity index (χ4n) is 2.55. The average Bonchev–Trinajstić information content (AvgIpc) is 3.09. The van der Waals surface area contributed by atoms with E-state index in [9.17, 15) is 4.79 Å². The van der Waals surface area contributed by atoms with Crippen molar-refractivity contribution < 1.29 is 0 Å². The second kappa shape index (κ2) is 6.41. The van der Waals surface area contributed by atoms with E-state index < -0.39 is 0 Å². The first-order valence-electron chi connectivity index (χ1n) is 7.74. The highest BCUT2D eigenvalue weighted by atomic mass is 32.1. The monoisotopic (exact) mass is 346 g/mol. The largest absolute Gasteiger partial charge is 0.269 e. The van der Waals surface area contributed by atoms with Crippen molar-refractivity contribution in [3.8, 4) is 11.4 Å². The summed E-state index contributed by atoms with van der Waals surface area (Å²) in [6.07, 6.45) is 8.97. The van der Waals surface area contributed by atoms with Crippen molar-refractivity contribution in [3.05, 3.63) is 81.5 Å². The molecule has 0 saturated carbocycles. The molecule has 0 bridgehead atoms. The number of hydrogen-bond acceptors (Lipinski definition) is 5. The molecule has 122 valence electrons. The Balaban J connectivity index is 1.84. The first-order valence-corrected chi connectivity index (χ1v) is 8.62. The Kier molecular flexibility index (Phi) is 3.95. The first-order chi connectivity index (χ1) is 12.2. The number of nitrogens with zero attached hydrogens (tertiary/aromatic N) is 4. The van der Waals surface area contributed by atoms with Crippen LogP contribution >= 0.6 is 11.3 Å². The Morgan fingerprint density at radius 3 is 2.80 bits per heavy atom. The van der Waals surface area contributed by atoms with E-state index in [0.717, 1.165) is 17.0 Å². The van der Waals surface area contributed by atoms with Gasteiger partial charge in [-0.3, -0.25) is 14.8 Å². The van der Waals surface area contributed by atoms with Crippen molar-refractivity contribution in [2.45, 2.75) is 6.92 Å². The number of hydrogen-bond donors (Lipinski definition) is 0. The molecule has 25 heavy (non-hydrogen) atoms. The Hall–Kier alpha value is -3.12. The summed E-state index contributed by atoms with van der Waals surface area (Å²) in [5.74, 6) is 0. The molecule has 0 spiro atoms. The van der Waals surface area contributed by atoms with Crippen LogP contribution in [0.25, 0.3) is 28.5 Å². The number of thiazole rings is 1. The number of pyridine rings is 2. The topological polar surface area (TPSA) is 60.1 Å². The van der Waals surface area contributed by atoms with Gasteiger partial charge in [0.15, 0.2) is 4.96 Å². The molecule has 4 heterocycles. The van der Waals surface area contributed by atoms with Crippen LogP contribution in [0.1, 0.15) is 16.8 Å². The van der Waals surface area contributed by atoms with Gasteiger partial charge >= 0.3 is 0 Å². The second-order valence-electron chi connectivity index (χ2n) is 5.50. The van der Waals surface area contributed by atoms with Crippen molar-refractivity contribution >= 4 is 28.4 Å². The van der Waals surface area contributed by atoms with E-state index in [-0.39, 0.29) is 5.56 Å². The average molecular weight is 346 g/mol. The molecule has 0 aromatic carbocycles. The molecule has 4 rings (SSSR count). The van der Waals surface area contributed by atoms with E-state index in [1.54, 1.807) is 29.9 Å². The van der Waals surface area contributed by atoms with Crippen LogP contribution in [0.2, 0.25) is 0 Å². The smallest absolute Gasteiger partial charge is 0.262 e. The van der Waals surface area contributed by atoms with Crippen LogP contribution in [0.3, 0.4) is 0 Å². The van der Waals surface area contributed by atoms with Gasteiger partial charge < -0.3 is 0 Å². The van der Waals surface area contributed by atoms with E-state index in [0.29, 0.717) is 16.2 Å². The molecule has 6 heteroatoms. The van der Waals surface area contributed by atoms with Crippen LogP contribution in [0.15, 0.2) is 59.1 Å². The zero-order valence-electron chi connectivity index (χ0n) is 13.5. The molecule has 4 aromatic heterocycles. The van der Waals surface area contributed by atoms with Crippen molar-refractivity contribution in [2.24, 2.45) is 0 Å². The maximum atomic E-state index is 12.9. The van der Waals surface area contributed by atoms with Crippen molar-refractivity contribution in [1.82, 2.24) is 19.4 Å². The molecule has 0 amide bonds. The summed E-state index contributed by atoms with van der Waals surface area (Å²) in [5.41, 5.74) is 3.69.